The van der Waals surface area contributed by atoms with Crippen LogP contribution in [0.3, 0.4) is 0 Å². The van der Waals surface area contributed by atoms with Crippen molar-refractivity contribution in [3.63, 3.8) is 0 Å². The minimum absolute atomic E-state index is 0.364. The predicted molar refractivity (Wildman–Crippen MR) is 120 cm³/mol. The maximum Gasteiger partial charge on any atom is 0.498 e. The lowest BCUT2D eigenvalue weighted by atomic mass is 9.81. The Morgan fingerprint density at radius 1 is 1.29 bits per heavy atom. The molecule has 2 atom stereocenters. The van der Waals surface area contributed by atoms with Gasteiger partial charge in [0, 0.05) is 36.7 Å². The lowest BCUT2D eigenvalue weighted by molar-refractivity contribution is -0.144. The standard InChI is InChI=1S/C21H34BN3O5S/c1-20(2)21(3,4)30-22(29-20)16-11-23-19(24-12-16)31-10-6-8-15-7-5-9-25(13-15)18(28)17(27)14-26/h11-12,15,17,26-27H,5-10,13-14H2,1-4H3/t15-,17+/m0/s1. The molecule has 2 aliphatic rings. The summed E-state index contributed by atoms with van der Waals surface area (Å²) in [7, 11) is -0.453. The summed E-state index contributed by atoms with van der Waals surface area (Å²) in [6, 6.07) is 0. The van der Waals surface area contributed by atoms with Crippen molar-refractivity contribution in [2.45, 2.75) is 75.8 Å². The molecule has 3 rings (SSSR count). The molecule has 0 saturated carbocycles. The average Bonchev–Trinajstić information content (AvgIpc) is 2.97. The Balaban J connectivity index is 1.41. The van der Waals surface area contributed by atoms with Crippen LogP contribution >= 0.6 is 11.8 Å². The Morgan fingerprint density at radius 3 is 2.55 bits per heavy atom. The topological polar surface area (TPSA) is 105 Å². The molecule has 2 fully saturated rings. The molecule has 3 heterocycles. The summed E-state index contributed by atoms with van der Waals surface area (Å²) in [6.07, 6.45) is 6.28. The molecular formula is C21H34BN3O5S. The molecule has 0 spiro atoms. The Hall–Kier alpha value is -1.20. The molecule has 0 radical (unpaired) electrons. The molecule has 8 nitrogen and oxygen atoms in total. The van der Waals surface area contributed by atoms with Crippen molar-refractivity contribution >= 4 is 30.3 Å². The number of aliphatic hydroxyl groups excluding tert-OH is 2. The van der Waals surface area contributed by atoms with E-state index in [-0.39, 0.29) is 17.1 Å². The van der Waals surface area contributed by atoms with Gasteiger partial charge in [-0.2, -0.15) is 0 Å². The van der Waals surface area contributed by atoms with Crippen LogP contribution < -0.4 is 5.46 Å². The highest BCUT2D eigenvalue weighted by molar-refractivity contribution is 7.99. The lowest BCUT2D eigenvalue weighted by Crippen LogP contribution is -2.46. The van der Waals surface area contributed by atoms with E-state index in [2.05, 4.69) is 9.97 Å². The Bertz CT molecular complexity index is 733. The van der Waals surface area contributed by atoms with E-state index in [1.165, 1.54) is 0 Å². The SMILES string of the molecule is CC1(C)OB(c2cnc(SCCC[C@@H]3CCCN(C(=O)[C@H](O)CO)C3)nc2)OC1(C)C. The van der Waals surface area contributed by atoms with Gasteiger partial charge in [-0.1, -0.05) is 11.8 Å². The van der Waals surface area contributed by atoms with E-state index in [9.17, 15) is 9.90 Å². The van der Waals surface area contributed by atoms with Gasteiger partial charge in [0.2, 0.25) is 0 Å². The summed E-state index contributed by atoms with van der Waals surface area (Å²) in [6.45, 7) is 8.87. The fourth-order valence-corrected chi connectivity index (χ4v) is 4.57. The zero-order valence-electron chi connectivity index (χ0n) is 18.9. The molecule has 2 N–H and O–H groups in total. The first-order valence-corrected chi connectivity index (χ1v) is 12.0. The van der Waals surface area contributed by atoms with Gasteiger partial charge in [0.15, 0.2) is 11.3 Å². The number of rotatable bonds is 8. The number of carbonyl (C=O) groups excluding carboxylic acids is 1. The number of aromatic nitrogens is 2. The molecule has 2 saturated heterocycles. The second-order valence-corrected chi connectivity index (χ2v) is 10.4. The predicted octanol–water partition coefficient (Wildman–Crippen LogP) is 1.24. The van der Waals surface area contributed by atoms with Gasteiger partial charge in [-0.15, -0.1) is 0 Å². The summed E-state index contributed by atoms with van der Waals surface area (Å²) >= 11 is 1.62. The largest absolute Gasteiger partial charge is 0.498 e. The molecule has 1 aromatic rings. The normalized spacial score (nSPS) is 23.7. The van der Waals surface area contributed by atoms with Crippen molar-refractivity contribution < 1.29 is 24.3 Å². The van der Waals surface area contributed by atoms with Crippen molar-refractivity contribution in [1.29, 1.82) is 0 Å². The van der Waals surface area contributed by atoms with Gasteiger partial charge in [0.1, 0.15) is 0 Å². The molecule has 0 aliphatic carbocycles. The number of likely N-dealkylation sites (tertiary alicyclic amines) is 1. The maximum atomic E-state index is 12.1. The van der Waals surface area contributed by atoms with Gasteiger partial charge in [0.25, 0.3) is 5.91 Å². The van der Waals surface area contributed by atoms with Gasteiger partial charge < -0.3 is 24.4 Å². The Morgan fingerprint density at radius 2 is 1.94 bits per heavy atom. The van der Waals surface area contributed by atoms with Crippen molar-refractivity contribution in [3.8, 4) is 0 Å². The summed E-state index contributed by atoms with van der Waals surface area (Å²) < 4.78 is 12.1. The van der Waals surface area contributed by atoms with E-state index in [1.807, 2.05) is 27.7 Å². The van der Waals surface area contributed by atoms with Crippen molar-refractivity contribution in [3.05, 3.63) is 12.4 Å². The molecule has 0 unspecified atom stereocenters. The van der Waals surface area contributed by atoms with Crippen molar-refractivity contribution in [1.82, 2.24) is 14.9 Å². The van der Waals surface area contributed by atoms with E-state index in [4.69, 9.17) is 14.4 Å². The van der Waals surface area contributed by atoms with Gasteiger partial charge in [-0.3, -0.25) is 4.79 Å². The highest BCUT2D eigenvalue weighted by atomic mass is 32.2. The third kappa shape index (κ3) is 5.99. The molecule has 172 valence electrons. The highest BCUT2D eigenvalue weighted by Crippen LogP contribution is 2.36. The molecule has 2 aliphatic heterocycles. The summed E-state index contributed by atoms with van der Waals surface area (Å²) in [4.78, 5) is 22.7. The van der Waals surface area contributed by atoms with Crippen LogP contribution in [0.4, 0.5) is 0 Å². The second-order valence-electron chi connectivity index (χ2n) is 9.37. The van der Waals surface area contributed by atoms with E-state index in [1.54, 1.807) is 29.1 Å². The van der Waals surface area contributed by atoms with Crippen molar-refractivity contribution in [2.24, 2.45) is 5.92 Å². The first-order valence-electron chi connectivity index (χ1n) is 11.0. The molecular weight excluding hydrogens is 417 g/mol. The van der Waals surface area contributed by atoms with E-state index >= 15 is 0 Å². The molecule has 1 aromatic heterocycles. The molecule has 0 aromatic carbocycles. The van der Waals surface area contributed by atoms with Crippen LogP contribution in [0.1, 0.15) is 53.4 Å². The zero-order chi connectivity index (χ0) is 22.6. The number of carbonyl (C=O) groups is 1. The van der Waals surface area contributed by atoms with Crippen LogP contribution in [-0.4, -0.2) is 80.9 Å². The Kier molecular flexibility index (Phi) is 8.02. The van der Waals surface area contributed by atoms with Crippen LogP contribution in [0.5, 0.6) is 0 Å². The van der Waals surface area contributed by atoms with Gasteiger partial charge in [-0.25, -0.2) is 9.97 Å². The fourth-order valence-electron chi connectivity index (χ4n) is 3.83. The minimum atomic E-state index is -1.30. The van der Waals surface area contributed by atoms with Gasteiger partial charge in [-0.05, 0) is 59.3 Å². The quantitative estimate of drug-likeness (QED) is 0.263. The molecule has 10 heteroatoms. The van der Waals surface area contributed by atoms with Crippen molar-refractivity contribution in [2.75, 3.05) is 25.4 Å². The minimum Gasteiger partial charge on any atom is -0.399 e. The molecule has 1 amide bonds. The fraction of sp³-hybridized carbons (Fsp3) is 0.762. The number of amides is 1. The lowest BCUT2D eigenvalue weighted by Gasteiger charge is -2.33. The van der Waals surface area contributed by atoms with E-state index in [0.29, 0.717) is 19.0 Å². The number of hydrogen-bond acceptors (Lipinski definition) is 8. The van der Waals surface area contributed by atoms with Crippen LogP contribution in [0.25, 0.3) is 0 Å². The number of piperidine rings is 1. The van der Waals surface area contributed by atoms with E-state index < -0.39 is 19.8 Å². The number of thioether (sulfide) groups is 1. The Labute approximate surface area is 189 Å². The third-order valence-electron chi connectivity index (χ3n) is 6.45. The average molecular weight is 451 g/mol. The van der Waals surface area contributed by atoms with Crippen LogP contribution in [0.2, 0.25) is 0 Å². The number of nitrogens with zero attached hydrogens (tertiary/aromatic N) is 3. The maximum absolute atomic E-state index is 12.1. The summed E-state index contributed by atoms with van der Waals surface area (Å²) in [5, 5.41) is 19.3. The van der Waals surface area contributed by atoms with Crippen LogP contribution in [-0.2, 0) is 14.1 Å². The number of hydrogen-bond donors (Lipinski definition) is 2. The molecule has 31 heavy (non-hydrogen) atoms. The first kappa shape index (κ1) is 24.4. The smallest absolute Gasteiger partial charge is 0.399 e. The highest BCUT2D eigenvalue weighted by Gasteiger charge is 2.51. The summed E-state index contributed by atoms with van der Waals surface area (Å²) in [5.41, 5.74) is 0.0429. The van der Waals surface area contributed by atoms with Gasteiger partial charge >= 0.3 is 7.12 Å². The number of aliphatic hydroxyl groups is 2. The van der Waals surface area contributed by atoms with Crippen LogP contribution in [0.15, 0.2) is 17.6 Å². The van der Waals surface area contributed by atoms with Gasteiger partial charge in [0.05, 0.1) is 17.8 Å². The van der Waals surface area contributed by atoms with Crippen LogP contribution in [0, 0.1) is 5.92 Å². The first-order chi connectivity index (χ1) is 14.6. The summed E-state index contributed by atoms with van der Waals surface area (Å²) in [5.74, 6) is 0.965. The third-order valence-corrected chi connectivity index (χ3v) is 7.41. The second kappa shape index (κ2) is 10.2. The zero-order valence-corrected chi connectivity index (χ0v) is 19.7. The van der Waals surface area contributed by atoms with E-state index in [0.717, 1.165) is 42.1 Å². The monoisotopic (exact) mass is 451 g/mol. The molecule has 0 bridgehead atoms.